The molecule has 3 aromatic rings. The van der Waals surface area contributed by atoms with Crippen molar-refractivity contribution in [2.45, 2.75) is 19.4 Å². The van der Waals surface area contributed by atoms with E-state index in [0.717, 1.165) is 47.8 Å². The van der Waals surface area contributed by atoms with E-state index in [1.54, 1.807) is 11.3 Å². The normalized spacial score (nSPS) is 14.8. The minimum Gasteiger partial charge on any atom is -0.365 e. The average molecular weight is 362 g/mol. The van der Waals surface area contributed by atoms with Crippen molar-refractivity contribution in [3.8, 4) is 0 Å². The first-order valence-electron chi connectivity index (χ1n) is 7.75. The fourth-order valence-corrected chi connectivity index (χ4v) is 4.52. The van der Waals surface area contributed by atoms with E-state index in [0.29, 0.717) is 5.69 Å². The van der Waals surface area contributed by atoms with Gasteiger partial charge in [-0.05, 0) is 30.5 Å². The zero-order chi connectivity index (χ0) is 16.7. The number of benzene rings is 1. The first kappa shape index (κ1) is 15.5. The lowest BCUT2D eigenvalue weighted by Gasteiger charge is -2.32. The maximum Gasteiger partial charge on any atom is 0.229 e. The van der Waals surface area contributed by atoms with E-state index in [4.69, 9.17) is 0 Å². The van der Waals surface area contributed by atoms with Gasteiger partial charge >= 0.3 is 0 Å². The summed E-state index contributed by atoms with van der Waals surface area (Å²) in [5, 5.41) is 2.02. The molecular weight excluding hydrogens is 344 g/mol. The Morgan fingerprint density at radius 2 is 2.25 bits per heavy atom. The maximum absolute atomic E-state index is 11.6. The molecule has 1 aromatic carbocycles. The van der Waals surface area contributed by atoms with Gasteiger partial charge < -0.3 is 4.90 Å². The molecule has 8 heteroatoms. The van der Waals surface area contributed by atoms with Gasteiger partial charge in [0.25, 0.3) is 0 Å². The van der Waals surface area contributed by atoms with Crippen LogP contribution in [0.1, 0.15) is 17.7 Å². The van der Waals surface area contributed by atoms with Crippen LogP contribution in [0.15, 0.2) is 36.0 Å². The molecule has 6 nitrogen and oxygen atoms in total. The van der Waals surface area contributed by atoms with Crippen molar-refractivity contribution in [1.29, 1.82) is 0 Å². The lowest BCUT2D eigenvalue weighted by molar-refractivity contribution is 0.606. The average Bonchev–Trinajstić information content (AvgIpc) is 3.08. The van der Waals surface area contributed by atoms with Gasteiger partial charge in [0, 0.05) is 30.0 Å². The van der Waals surface area contributed by atoms with Crippen LogP contribution in [-0.4, -0.2) is 30.6 Å². The fraction of sp³-hybridized carbons (Fsp3) is 0.312. The number of rotatable bonds is 4. The third-order valence-electron chi connectivity index (χ3n) is 4.14. The highest BCUT2D eigenvalue weighted by molar-refractivity contribution is 7.92. The van der Waals surface area contributed by atoms with Crippen molar-refractivity contribution in [2.24, 2.45) is 0 Å². The number of fused-ring (bicyclic) bond motifs is 2. The van der Waals surface area contributed by atoms with E-state index in [2.05, 4.69) is 26.9 Å². The molecule has 0 fully saturated rings. The van der Waals surface area contributed by atoms with Crippen LogP contribution in [-0.2, 0) is 23.0 Å². The van der Waals surface area contributed by atoms with Crippen LogP contribution in [0.5, 0.6) is 0 Å². The number of sulfonamides is 1. The predicted molar refractivity (Wildman–Crippen MR) is 97.3 cm³/mol. The molecule has 2 aromatic heterocycles. The Bertz CT molecular complexity index is 962. The molecule has 0 amide bonds. The molecular formula is C16H18N4O2S2. The summed E-state index contributed by atoms with van der Waals surface area (Å²) in [7, 11) is -3.28. The summed E-state index contributed by atoms with van der Waals surface area (Å²) < 4.78 is 27.9. The Morgan fingerprint density at radius 3 is 3.04 bits per heavy atom. The molecule has 4 rings (SSSR count). The van der Waals surface area contributed by atoms with Crippen LogP contribution in [0, 0.1) is 0 Å². The largest absolute Gasteiger partial charge is 0.365 e. The zero-order valence-corrected chi connectivity index (χ0v) is 14.9. The molecule has 0 saturated carbocycles. The van der Waals surface area contributed by atoms with Gasteiger partial charge in [-0.1, -0.05) is 6.07 Å². The summed E-state index contributed by atoms with van der Waals surface area (Å²) in [6.07, 6.45) is 7.12. The molecule has 1 N–H and O–H groups in total. The summed E-state index contributed by atoms with van der Waals surface area (Å²) in [5.74, 6) is 0. The van der Waals surface area contributed by atoms with E-state index in [1.165, 1.54) is 6.26 Å². The van der Waals surface area contributed by atoms with Gasteiger partial charge in [-0.15, -0.1) is 11.3 Å². The molecule has 0 bridgehead atoms. The second kappa shape index (κ2) is 5.78. The summed E-state index contributed by atoms with van der Waals surface area (Å²) >= 11 is 1.62. The van der Waals surface area contributed by atoms with Gasteiger partial charge in [-0.25, -0.2) is 13.4 Å². The van der Waals surface area contributed by atoms with Crippen molar-refractivity contribution in [3.63, 3.8) is 0 Å². The molecule has 0 saturated heterocycles. The van der Waals surface area contributed by atoms with Gasteiger partial charge in [0.2, 0.25) is 10.0 Å². The number of hydrogen-bond donors (Lipinski definition) is 1. The van der Waals surface area contributed by atoms with Gasteiger partial charge in [0.1, 0.15) is 0 Å². The second-order valence-corrected chi connectivity index (χ2v) is 8.65. The number of imidazole rings is 1. The van der Waals surface area contributed by atoms with Gasteiger partial charge in [-0.2, -0.15) is 0 Å². The Hall–Kier alpha value is -2.06. The summed E-state index contributed by atoms with van der Waals surface area (Å²) in [6, 6.07) is 5.78. The van der Waals surface area contributed by atoms with Crippen LogP contribution in [0.25, 0.3) is 4.96 Å². The minimum atomic E-state index is -3.28. The SMILES string of the molecule is CS(=O)(=O)Nc1cccc2c1CCCN2Cc1cn2ccsc2n1. The Labute approximate surface area is 144 Å². The molecule has 0 aliphatic carbocycles. The van der Waals surface area contributed by atoms with Crippen LogP contribution in [0.3, 0.4) is 0 Å². The molecule has 0 atom stereocenters. The maximum atomic E-state index is 11.6. The van der Waals surface area contributed by atoms with Gasteiger partial charge in [-0.3, -0.25) is 9.12 Å². The van der Waals surface area contributed by atoms with Crippen molar-refractivity contribution < 1.29 is 8.42 Å². The summed E-state index contributed by atoms with van der Waals surface area (Å²) in [5.41, 5.74) is 3.86. The van der Waals surface area contributed by atoms with Crippen molar-refractivity contribution in [2.75, 3.05) is 22.4 Å². The standard InChI is InChI=1S/C16H18N4O2S2/c1-24(21,22)18-14-5-2-6-15-13(14)4-3-7-19(15)10-12-11-20-8-9-23-16(20)17-12/h2,5-6,8-9,11,18H,3-4,7,10H2,1H3. The van der Waals surface area contributed by atoms with Gasteiger partial charge in [0.15, 0.2) is 4.96 Å². The highest BCUT2D eigenvalue weighted by Crippen LogP contribution is 2.34. The van der Waals surface area contributed by atoms with Crippen LogP contribution >= 0.6 is 11.3 Å². The van der Waals surface area contributed by atoms with Crippen molar-refractivity contribution in [1.82, 2.24) is 9.38 Å². The molecule has 0 unspecified atom stereocenters. The molecule has 126 valence electrons. The summed E-state index contributed by atoms with van der Waals surface area (Å²) in [6.45, 7) is 1.67. The lowest BCUT2D eigenvalue weighted by atomic mass is 10.00. The number of anilines is 2. The highest BCUT2D eigenvalue weighted by atomic mass is 32.2. The third-order valence-corrected chi connectivity index (χ3v) is 5.50. The fourth-order valence-electron chi connectivity index (χ4n) is 3.21. The first-order valence-corrected chi connectivity index (χ1v) is 10.5. The molecule has 1 aliphatic rings. The third kappa shape index (κ3) is 2.99. The van der Waals surface area contributed by atoms with Crippen LogP contribution in [0.2, 0.25) is 0 Å². The Kier molecular flexibility index (Phi) is 3.73. The molecule has 1 aliphatic heterocycles. The number of aromatic nitrogens is 2. The monoisotopic (exact) mass is 362 g/mol. The smallest absolute Gasteiger partial charge is 0.229 e. The first-order chi connectivity index (χ1) is 11.5. The zero-order valence-electron chi connectivity index (χ0n) is 13.3. The van der Waals surface area contributed by atoms with E-state index in [-0.39, 0.29) is 0 Å². The van der Waals surface area contributed by atoms with E-state index < -0.39 is 10.0 Å². The summed E-state index contributed by atoms with van der Waals surface area (Å²) in [4.78, 5) is 7.92. The number of hydrogen-bond acceptors (Lipinski definition) is 5. The molecule has 24 heavy (non-hydrogen) atoms. The Balaban J connectivity index is 1.65. The van der Waals surface area contributed by atoms with E-state index >= 15 is 0 Å². The van der Waals surface area contributed by atoms with Crippen LogP contribution < -0.4 is 9.62 Å². The number of thiazole rings is 1. The quantitative estimate of drug-likeness (QED) is 0.775. The molecule has 0 spiro atoms. The van der Waals surface area contributed by atoms with E-state index in [9.17, 15) is 8.42 Å². The van der Waals surface area contributed by atoms with Crippen molar-refractivity contribution >= 4 is 37.7 Å². The number of nitrogens with one attached hydrogen (secondary N) is 1. The van der Waals surface area contributed by atoms with Crippen molar-refractivity contribution in [3.05, 3.63) is 47.2 Å². The lowest BCUT2D eigenvalue weighted by Crippen LogP contribution is -2.29. The van der Waals surface area contributed by atoms with Gasteiger partial charge in [0.05, 0.1) is 24.2 Å². The number of nitrogens with zero attached hydrogens (tertiary/aromatic N) is 3. The molecule has 0 radical (unpaired) electrons. The van der Waals surface area contributed by atoms with Crippen LogP contribution in [0.4, 0.5) is 11.4 Å². The topological polar surface area (TPSA) is 66.7 Å². The predicted octanol–water partition coefficient (Wildman–Crippen LogP) is 2.72. The molecule has 3 heterocycles. The Morgan fingerprint density at radius 1 is 1.38 bits per heavy atom. The minimum absolute atomic E-state index is 0.686. The highest BCUT2D eigenvalue weighted by Gasteiger charge is 2.21. The van der Waals surface area contributed by atoms with E-state index in [1.807, 2.05) is 28.1 Å². The second-order valence-electron chi connectivity index (χ2n) is 6.03.